The SMILES string of the molecule is Cc1cscc1C(N)CC1CCCCC1. The van der Waals surface area contributed by atoms with Gasteiger partial charge in [-0.05, 0) is 41.1 Å². The standard InChI is InChI=1S/C13H21NS/c1-10-8-15-9-12(10)13(14)7-11-5-3-2-4-6-11/h8-9,11,13H,2-7,14H2,1H3. The monoisotopic (exact) mass is 223 g/mol. The Kier molecular flexibility index (Phi) is 3.81. The van der Waals surface area contributed by atoms with Crippen LogP contribution in [0.5, 0.6) is 0 Å². The van der Waals surface area contributed by atoms with Crippen molar-refractivity contribution in [3.05, 3.63) is 21.9 Å². The van der Waals surface area contributed by atoms with Crippen molar-refractivity contribution >= 4 is 11.3 Å². The molecule has 84 valence electrons. The zero-order valence-corrected chi connectivity index (χ0v) is 10.4. The van der Waals surface area contributed by atoms with E-state index in [2.05, 4.69) is 17.7 Å². The minimum atomic E-state index is 0.277. The van der Waals surface area contributed by atoms with Crippen molar-refractivity contribution in [3.8, 4) is 0 Å². The quantitative estimate of drug-likeness (QED) is 0.822. The van der Waals surface area contributed by atoms with Gasteiger partial charge in [-0.15, -0.1) is 0 Å². The highest BCUT2D eigenvalue weighted by Gasteiger charge is 2.18. The highest BCUT2D eigenvalue weighted by atomic mass is 32.1. The Hall–Kier alpha value is -0.340. The second kappa shape index (κ2) is 5.13. The molecular formula is C13H21NS. The van der Waals surface area contributed by atoms with Crippen LogP contribution < -0.4 is 5.73 Å². The molecule has 0 aliphatic heterocycles. The van der Waals surface area contributed by atoms with E-state index in [1.165, 1.54) is 49.7 Å². The topological polar surface area (TPSA) is 26.0 Å². The summed E-state index contributed by atoms with van der Waals surface area (Å²) < 4.78 is 0. The van der Waals surface area contributed by atoms with Crippen LogP contribution in [-0.4, -0.2) is 0 Å². The van der Waals surface area contributed by atoms with Gasteiger partial charge in [0.15, 0.2) is 0 Å². The van der Waals surface area contributed by atoms with Crippen molar-refractivity contribution in [3.63, 3.8) is 0 Å². The molecule has 1 aromatic rings. The summed E-state index contributed by atoms with van der Waals surface area (Å²) in [6.07, 6.45) is 8.26. The van der Waals surface area contributed by atoms with Crippen LogP contribution in [0.15, 0.2) is 10.8 Å². The van der Waals surface area contributed by atoms with E-state index in [9.17, 15) is 0 Å². The molecule has 15 heavy (non-hydrogen) atoms. The summed E-state index contributed by atoms with van der Waals surface area (Å²) in [4.78, 5) is 0. The van der Waals surface area contributed by atoms with Crippen LogP contribution in [-0.2, 0) is 0 Å². The molecule has 2 N–H and O–H groups in total. The smallest absolute Gasteiger partial charge is 0.0308 e. The number of rotatable bonds is 3. The summed E-state index contributed by atoms with van der Waals surface area (Å²) in [6, 6.07) is 0.277. The average Bonchev–Trinajstić information content (AvgIpc) is 2.66. The fraction of sp³-hybridized carbons (Fsp3) is 0.692. The largest absolute Gasteiger partial charge is 0.324 e. The summed E-state index contributed by atoms with van der Waals surface area (Å²) in [5, 5.41) is 4.43. The molecule has 0 spiro atoms. The average molecular weight is 223 g/mol. The molecule has 0 radical (unpaired) electrons. The molecule has 2 heteroatoms. The molecule has 2 rings (SSSR count). The number of aryl methyl sites for hydroxylation is 1. The van der Waals surface area contributed by atoms with E-state index >= 15 is 0 Å². The van der Waals surface area contributed by atoms with Crippen molar-refractivity contribution in [2.75, 3.05) is 0 Å². The fourth-order valence-electron chi connectivity index (χ4n) is 2.66. The molecule has 0 amide bonds. The first-order valence-corrected chi connectivity index (χ1v) is 7.00. The van der Waals surface area contributed by atoms with Crippen molar-refractivity contribution < 1.29 is 0 Å². The van der Waals surface area contributed by atoms with Crippen LogP contribution >= 0.6 is 11.3 Å². The first-order valence-electron chi connectivity index (χ1n) is 6.05. The van der Waals surface area contributed by atoms with Gasteiger partial charge >= 0.3 is 0 Å². The van der Waals surface area contributed by atoms with Gasteiger partial charge in [0, 0.05) is 6.04 Å². The molecule has 1 aromatic heterocycles. The lowest BCUT2D eigenvalue weighted by Crippen LogP contribution is -2.17. The molecule has 1 atom stereocenters. The minimum absolute atomic E-state index is 0.277. The van der Waals surface area contributed by atoms with Crippen molar-refractivity contribution in [2.24, 2.45) is 11.7 Å². The van der Waals surface area contributed by atoms with Gasteiger partial charge in [0.05, 0.1) is 0 Å². The van der Waals surface area contributed by atoms with Crippen molar-refractivity contribution in [2.45, 2.75) is 51.5 Å². The van der Waals surface area contributed by atoms with Gasteiger partial charge in [-0.25, -0.2) is 0 Å². The molecule has 0 bridgehead atoms. The Balaban J connectivity index is 1.91. The Morgan fingerprint density at radius 2 is 2.07 bits per heavy atom. The van der Waals surface area contributed by atoms with Crippen LogP contribution in [0.3, 0.4) is 0 Å². The van der Waals surface area contributed by atoms with Gasteiger partial charge in [-0.1, -0.05) is 32.1 Å². The maximum absolute atomic E-state index is 6.28. The molecule has 1 aliphatic carbocycles. The van der Waals surface area contributed by atoms with E-state index in [1.807, 2.05) is 0 Å². The molecular weight excluding hydrogens is 202 g/mol. The van der Waals surface area contributed by atoms with E-state index in [-0.39, 0.29) is 6.04 Å². The molecule has 0 aromatic carbocycles. The first kappa shape index (κ1) is 11.2. The summed E-state index contributed by atoms with van der Waals surface area (Å²) in [5.74, 6) is 0.882. The maximum atomic E-state index is 6.28. The van der Waals surface area contributed by atoms with E-state index < -0.39 is 0 Å². The van der Waals surface area contributed by atoms with E-state index in [0.717, 1.165) is 5.92 Å². The van der Waals surface area contributed by atoms with Gasteiger partial charge in [0.1, 0.15) is 0 Å². The van der Waals surface area contributed by atoms with Gasteiger partial charge in [0.2, 0.25) is 0 Å². The fourth-order valence-corrected chi connectivity index (χ4v) is 3.57. The van der Waals surface area contributed by atoms with Crippen LogP contribution in [0.2, 0.25) is 0 Å². The highest BCUT2D eigenvalue weighted by Crippen LogP contribution is 2.32. The Bertz CT molecular complexity index is 299. The molecule has 1 fully saturated rings. The summed E-state index contributed by atoms with van der Waals surface area (Å²) >= 11 is 1.78. The predicted molar refractivity (Wildman–Crippen MR) is 67.2 cm³/mol. The van der Waals surface area contributed by atoms with E-state index in [4.69, 9.17) is 5.73 Å². The lowest BCUT2D eigenvalue weighted by molar-refractivity contribution is 0.319. The normalized spacial score (nSPS) is 20.4. The molecule has 0 saturated heterocycles. The molecule has 1 saturated carbocycles. The van der Waals surface area contributed by atoms with Gasteiger partial charge in [-0.3, -0.25) is 0 Å². The van der Waals surface area contributed by atoms with Gasteiger partial charge in [-0.2, -0.15) is 11.3 Å². The van der Waals surface area contributed by atoms with Gasteiger partial charge in [0.25, 0.3) is 0 Å². The van der Waals surface area contributed by atoms with E-state index in [1.54, 1.807) is 11.3 Å². The zero-order chi connectivity index (χ0) is 10.7. The Labute approximate surface area is 96.7 Å². The van der Waals surface area contributed by atoms with Crippen molar-refractivity contribution in [1.29, 1.82) is 0 Å². The van der Waals surface area contributed by atoms with Crippen molar-refractivity contribution in [1.82, 2.24) is 0 Å². The van der Waals surface area contributed by atoms with Crippen LogP contribution in [0.4, 0.5) is 0 Å². The third-order valence-electron chi connectivity index (χ3n) is 3.61. The highest BCUT2D eigenvalue weighted by molar-refractivity contribution is 7.08. The maximum Gasteiger partial charge on any atom is 0.0308 e. The van der Waals surface area contributed by atoms with Crippen LogP contribution in [0.25, 0.3) is 0 Å². The van der Waals surface area contributed by atoms with Gasteiger partial charge < -0.3 is 5.73 Å². The van der Waals surface area contributed by atoms with E-state index in [0.29, 0.717) is 0 Å². The van der Waals surface area contributed by atoms with Crippen LogP contribution in [0, 0.1) is 12.8 Å². The molecule has 1 nitrogen and oxygen atoms in total. The lowest BCUT2D eigenvalue weighted by atomic mass is 9.83. The number of thiophene rings is 1. The Morgan fingerprint density at radius 1 is 1.33 bits per heavy atom. The number of hydrogen-bond acceptors (Lipinski definition) is 2. The zero-order valence-electron chi connectivity index (χ0n) is 9.54. The number of hydrogen-bond donors (Lipinski definition) is 1. The Morgan fingerprint density at radius 3 is 2.67 bits per heavy atom. The number of nitrogens with two attached hydrogens (primary N) is 1. The minimum Gasteiger partial charge on any atom is -0.324 e. The van der Waals surface area contributed by atoms with Crippen LogP contribution in [0.1, 0.15) is 55.7 Å². The summed E-state index contributed by atoms with van der Waals surface area (Å²) in [7, 11) is 0. The third kappa shape index (κ3) is 2.82. The summed E-state index contributed by atoms with van der Waals surface area (Å²) in [6.45, 7) is 2.17. The third-order valence-corrected chi connectivity index (χ3v) is 4.49. The molecule has 1 heterocycles. The second-order valence-electron chi connectivity index (χ2n) is 4.86. The molecule has 1 unspecified atom stereocenters. The molecule has 1 aliphatic rings. The predicted octanol–water partition coefficient (Wildman–Crippen LogP) is 4.03. The lowest BCUT2D eigenvalue weighted by Gasteiger charge is -2.24. The second-order valence-corrected chi connectivity index (χ2v) is 5.60. The first-order chi connectivity index (χ1) is 7.27. The summed E-state index contributed by atoms with van der Waals surface area (Å²) in [5.41, 5.74) is 9.04.